The molecule has 0 aliphatic rings. The van der Waals surface area contributed by atoms with E-state index in [9.17, 15) is 4.39 Å². The van der Waals surface area contributed by atoms with Crippen molar-refractivity contribution in [2.45, 2.75) is 0 Å². The van der Waals surface area contributed by atoms with Crippen molar-refractivity contribution in [1.82, 2.24) is 4.98 Å². The van der Waals surface area contributed by atoms with Crippen molar-refractivity contribution in [1.29, 1.82) is 0 Å². The quantitative estimate of drug-likeness (QED) is 0.657. The number of pyridine rings is 1. The number of nitrogens with two attached hydrogens (primary N) is 1. The van der Waals surface area contributed by atoms with Crippen molar-refractivity contribution in [3.05, 3.63) is 60.5 Å². The lowest BCUT2D eigenvalue weighted by molar-refractivity contribution is 0.628. The Balaban J connectivity index is 2.19. The second-order valence-corrected chi connectivity index (χ2v) is 4.14. The Bertz CT molecular complexity index is 723. The van der Waals surface area contributed by atoms with Gasteiger partial charge in [0.2, 0.25) is 0 Å². The Morgan fingerprint density at radius 2 is 1.89 bits per heavy atom. The van der Waals surface area contributed by atoms with Gasteiger partial charge in [0.25, 0.3) is 0 Å². The minimum Gasteiger partial charge on any atom is -0.398 e. The van der Waals surface area contributed by atoms with Crippen LogP contribution in [0.5, 0.6) is 0 Å². The van der Waals surface area contributed by atoms with Crippen molar-refractivity contribution in [3.8, 4) is 11.1 Å². The van der Waals surface area contributed by atoms with Crippen LogP contribution in [0.15, 0.2) is 54.7 Å². The summed E-state index contributed by atoms with van der Waals surface area (Å²) in [6.45, 7) is 0. The fourth-order valence-corrected chi connectivity index (χ4v) is 2.04. The van der Waals surface area contributed by atoms with Crippen LogP contribution in [0.1, 0.15) is 0 Å². The van der Waals surface area contributed by atoms with Crippen LogP contribution in [0.2, 0.25) is 0 Å². The number of benzene rings is 2. The fourth-order valence-electron chi connectivity index (χ4n) is 2.04. The summed E-state index contributed by atoms with van der Waals surface area (Å²) in [6.07, 6.45) is 1.76. The topological polar surface area (TPSA) is 38.9 Å². The molecule has 18 heavy (non-hydrogen) atoms. The molecule has 0 radical (unpaired) electrons. The Morgan fingerprint density at radius 3 is 2.72 bits per heavy atom. The lowest BCUT2D eigenvalue weighted by Gasteiger charge is -2.07. The predicted octanol–water partition coefficient (Wildman–Crippen LogP) is 3.62. The number of hydrogen-bond acceptors (Lipinski definition) is 2. The van der Waals surface area contributed by atoms with E-state index < -0.39 is 0 Å². The van der Waals surface area contributed by atoms with Gasteiger partial charge in [0.15, 0.2) is 0 Å². The van der Waals surface area contributed by atoms with Crippen LogP contribution in [0.4, 0.5) is 10.1 Å². The summed E-state index contributed by atoms with van der Waals surface area (Å²) in [4.78, 5) is 4.26. The van der Waals surface area contributed by atoms with E-state index in [1.807, 2.05) is 30.3 Å². The van der Waals surface area contributed by atoms with Crippen LogP contribution in [-0.4, -0.2) is 4.98 Å². The van der Waals surface area contributed by atoms with Gasteiger partial charge in [-0.05, 0) is 42.0 Å². The first-order valence-electron chi connectivity index (χ1n) is 5.64. The average Bonchev–Trinajstić information content (AvgIpc) is 2.38. The molecular weight excluding hydrogens is 227 g/mol. The third-order valence-corrected chi connectivity index (χ3v) is 2.93. The van der Waals surface area contributed by atoms with Gasteiger partial charge >= 0.3 is 0 Å². The molecule has 0 amide bonds. The smallest absolute Gasteiger partial charge is 0.125 e. The molecule has 88 valence electrons. The van der Waals surface area contributed by atoms with Crippen LogP contribution >= 0.6 is 0 Å². The second-order valence-electron chi connectivity index (χ2n) is 4.14. The normalized spacial score (nSPS) is 10.7. The number of nitrogens with zero attached hydrogens (tertiary/aromatic N) is 1. The number of aromatic nitrogens is 1. The van der Waals surface area contributed by atoms with Crippen LogP contribution in [0.3, 0.4) is 0 Å². The third-order valence-electron chi connectivity index (χ3n) is 2.93. The predicted molar refractivity (Wildman–Crippen MR) is 71.5 cm³/mol. The molecule has 0 saturated heterocycles. The van der Waals surface area contributed by atoms with E-state index in [2.05, 4.69) is 4.98 Å². The van der Waals surface area contributed by atoms with E-state index >= 15 is 0 Å². The lowest BCUT2D eigenvalue weighted by Crippen LogP contribution is -1.91. The van der Waals surface area contributed by atoms with Crippen LogP contribution in [0, 0.1) is 5.82 Å². The molecular formula is C15H11FN2. The molecule has 1 heterocycles. The fraction of sp³-hybridized carbons (Fsp3) is 0. The van der Waals surface area contributed by atoms with Gasteiger partial charge in [0.05, 0.1) is 5.52 Å². The zero-order valence-corrected chi connectivity index (χ0v) is 9.60. The summed E-state index contributed by atoms with van der Waals surface area (Å²) in [6, 6.07) is 14.2. The van der Waals surface area contributed by atoms with Gasteiger partial charge in [0, 0.05) is 22.8 Å². The third kappa shape index (κ3) is 1.80. The van der Waals surface area contributed by atoms with Crippen LogP contribution < -0.4 is 5.73 Å². The first-order chi connectivity index (χ1) is 8.74. The molecule has 0 atom stereocenters. The van der Waals surface area contributed by atoms with Gasteiger partial charge in [-0.3, -0.25) is 4.98 Å². The maximum Gasteiger partial charge on any atom is 0.125 e. The second kappa shape index (κ2) is 4.11. The molecule has 2 nitrogen and oxygen atoms in total. The van der Waals surface area contributed by atoms with E-state index in [0.717, 1.165) is 22.0 Å². The summed E-state index contributed by atoms with van der Waals surface area (Å²) in [7, 11) is 0. The highest BCUT2D eigenvalue weighted by atomic mass is 19.1. The van der Waals surface area contributed by atoms with E-state index in [4.69, 9.17) is 5.73 Å². The number of hydrogen-bond donors (Lipinski definition) is 1. The number of nitrogen functional groups attached to an aromatic ring is 1. The molecule has 0 fully saturated rings. The molecule has 1 aromatic heterocycles. The van der Waals surface area contributed by atoms with Crippen molar-refractivity contribution in [2.75, 3.05) is 5.73 Å². The molecule has 0 bridgehead atoms. The van der Waals surface area contributed by atoms with E-state index in [0.29, 0.717) is 5.69 Å². The minimum atomic E-state index is -0.321. The Labute approximate surface area is 104 Å². The molecule has 3 heteroatoms. The van der Waals surface area contributed by atoms with Crippen molar-refractivity contribution >= 4 is 16.6 Å². The summed E-state index contributed by atoms with van der Waals surface area (Å²) in [5.41, 5.74) is 9.02. The first kappa shape index (κ1) is 10.7. The van der Waals surface area contributed by atoms with Crippen molar-refractivity contribution in [2.24, 2.45) is 0 Å². The highest BCUT2D eigenvalue weighted by Crippen LogP contribution is 2.28. The Hall–Kier alpha value is -2.42. The molecule has 0 unspecified atom stereocenters. The number of fused-ring (bicyclic) bond motifs is 1. The van der Waals surface area contributed by atoms with Gasteiger partial charge in [-0.25, -0.2) is 4.39 Å². The van der Waals surface area contributed by atoms with Gasteiger partial charge in [-0.15, -0.1) is 0 Å². The summed E-state index contributed by atoms with van der Waals surface area (Å²) >= 11 is 0. The summed E-state index contributed by atoms with van der Waals surface area (Å²) in [5, 5.41) is 1.04. The maximum atomic E-state index is 13.0. The molecule has 0 spiro atoms. The van der Waals surface area contributed by atoms with E-state index in [-0.39, 0.29) is 5.82 Å². The molecule has 3 aromatic rings. The van der Waals surface area contributed by atoms with Gasteiger partial charge in [-0.2, -0.15) is 0 Å². The standard InChI is InChI=1S/C15H11FN2/c16-12-4-5-13(14(17)9-12)10-3-6-15-11(8-10)2-1-7-18-15/h1-9H,17H2. The molecule has 2 N–H and O–H groups in total. The summed E-state index contributed by atoms with van der Waals surface area (Å²) < 4.78 is 13.0. The largest absolute Gasteiger partial charge is 0.398 e. The van der Waals surface area contributed by atoms with Crippen LogP contribution in [0.25, 0.3) is 22.0 Å². The van der Waals surface area contributed by atoms with Crippen LogP contribution in [-0.2, 0) is 0 Å². The monoisotopic (exact) mass is 238 g/mol. The first-order valence-corrected chi connectivity index (χ1v) is 5.64. The van der Waals surface area contributed by atoms with E-state index in [1.54, 1.807) is 12.3 Å². The number of anilines is 1. The maximum absolute atomic E-state index is 13.0. The summed E-state index contributed by atoms with van der Waals surface area (Å²) in [5.74, 6) is -0.321. The van der Waals surface area contributed by atoms with Crippen molar-refractivity contribution in [3.63, 3.8) is 0 Å². The number of halogens is 1. The molecule has 0 aliphatic carbocycles. The average molecular weight is 238 g/mol. The Kier molecular flexibility index (Phi) is 2.45. The van der Waals surface area contributed by atoms with Gasteiger partial charge in [-0.1, -0.05) is 12.1 Å². The highest BCUT2D eigenvalue weighted by Gasteiger charge is 2.05. The zero-order chi connectivity index (χ0) is 12.5. The number of rotatable bonds is 1. The Morgan fingerprint density at radius 1 is 1.00 bits per heavy atom. The minimum absolute atomic E-state index is 0.321. The van der Waals surface area contributed by atoms with Crippen molar-refractivity contribution < 1.29 is 4.39 Å². The highest BCUT2D eigenvalue weighted by molar-refractivity contribution is 5.87. The van der Waals surface area contributed by atoms with Gasteiger partial charge < -0.3 is 5.73 Å². The molecule has 0 aliphatic heterocycles. The molecule has 0 saturated carbocycles. The lowest BCUT2D eigenvalue weighted by atomic mass is 10.0. The zero-order valence-electron chi connectivity index (χ0n) is 9.60. The molecule has 2 aromatic carbocycles. The SMILES string of the molecule is Nc1cc(F)ccc1-c1ccc2ncccc2c1. The molecule has 3 rings (SSSR count). The van der Waals surface area contributed by atoms with Gasteiger partial charge in [0.1, 0.15) is 5.82 Å². The van der Waals surface area contributed by atoms with E-state index in [1.165, 1.54) is 12.1 Å².